The van der Waals surface area contributed by atoms with E-state index in [1.807, 2.05) is 24.3 Å². The van der Waals surface area contributed by atoms with Crippen LogP contribution in [-0.2, 0) is 17.6 Å². The van der Waals surface area contributed by atoms with E-state index in [1.54, 1.807) is 0 Å². The van der Waals surface area contributed by atoms with Crippen LogP contribution in [0.1, 0.15) is 109 Å². The van der Waals surface area contributed by atoms with Crippen molar-refractivity contribution in [2.45, 2.75) is 96.7 Å². The first kappa shape index (κ1) is 34.1. The van der Waals surface area contributed by atoms with Crippen LogP contribution in [0.4, 0.5) is 0 Å². The maximum atomic E-state index is 13.9. The normalized spacial score (nSPS) is 22.9. The number of piperidine rings is 1. The van der Waals surface area contributed by atoms with Crippen molar-refractivity contribution in [1.82, 2.24) is 30.4 Å². The Morgan fingerprint density at radius 3 is 2.53 bits per heavy atom. The number of hydrogen-bond donors (Lipinski definition) is 3. The van der Waals surface area contributed by atoms with Gasteiger partial charge in [0, 0.05) is 43.0 Å². The van der Waals surface area contributed by atoms with E-state index >= 15 is 0 Å². The first-order chi connectivity index (χ1) is 23.5. The van der Waals surface area contributed by atoms with Crippen LogP contribution in [0, 0.1) is 17.3 Å². The Bertz CT molecular complexity index is 1710. The second-order valence-corrected chi connectivity index (χ2v) is 16.8. The Morgan fingerprint density at radius 2 is 1.80 bits per heavy atom. The molecule has 49 heavy (non-hydrogen) atoms. The van der Waals surface area contributed by atoms with Crippen LogP contribution in [0.25, 0.3) is 10.3 Å². The standard InChI is InChI=1S/C38H50N6O4S/c1-38(2,3)27-7-10-30-26(20-27)21-32-35(41-30)49-36(42-32)34(46)40-31(14-17-43-15-11-23(12-16-43)37(47)48)24-5-4-6-25(19-24)33(45)39-28-13-18-44(22-28)29-8-9-29/h4-6,19,21,23,27-29,31H,7-18,20,22H2,1-3H3,(H,39,45)(H,40,46)(H,47,48)/t27-,28?,31+/m0/s1. The first-order valence-corrected chi connectivity index (χ1v) is 19.0. The predicted molar refractivity (Wildman–Crippen MR) is 191 cm³/mol. The van der Waals surface area contributed by atoms with Gasteiger partial charge in [0.1, 0.15) is 10.3 Å². The largest absolute Gasteiger partial charge is 0.481 e. The molecule has 1 unspecified atom stereocenters. The number of amides is 2. The molecular weight excluding hydrogens is 637 g/mol. The van der Waals surface area contributed by atoms with E-state index in [4.69, 9.17) is 9.97 Å². The van der Waals surface area contributed by atoms with Gasteiger partial charge in [0.25, 0.3) is 11.8 Å². The number of carbonyl (C=O) groups is 3. The van der Waals surface area contributed by atoms with Crippen LogP contribution in [0.15, 0.2) is 30.3 Å². The van der Waals surface area contributed by atoms with E-state index in [1.165, 1.54) is 29.7 Å². The maximum Gasteiger partial charge on any atom is 0.306 e. The zero-order chi connectivity index (χ0) is 34.3. The van der Waals surface area contributed by atoms with E-state index in [-0.39, 0.29) is 35.2 Å². The van der Waals surface area contributed by atoms with Crippen LogP contribution in [0.3, 0.4) is 0 Å². The van der Waals surface area contributed by atoms with E-state index in [2.05, 4.69) is 47.3 Å². The average Bonchev–Trinajstić information content (AvgIpc) is 3.69. The molecule has 2 amide bonds. The van der Waals surface area contributed by atoms with Crippen LogP contribution in [-0.4, -0.2) is 87.5 Å². The Labute approximate surface area is 293 Å². The van der Waals surface area contributed by atoms with E-state index in [0.717, 1.165) is 60.4 Å². The highest BCUT2D eigenvalue weighted by Gasteiger charge is 2.35. The molecule has 2 aromatic heterocycles. The summed E-state index contributed by atoms with van der Waals surface area (Å²) in [4.78, 5) is 54.0. The molecular formula is C38H50N6O4S. The van der Waals surface area contributed by atoms with Gasteiger partial charge in [0.2, 0.25) is 0 Å². The number of rotatable bonds is 10. The monoisotopic (exact) mass is 686 g/mol. The number of nitrogens with zero attached hydrogens (tertiary/aromatic N) is 4. The number of aryl methyl sites for hydroxylation is 1. The number of fused-ring (bicyclic) bond motifs is 2. The number of thiazole rings is 1. The summed E-state index contributed by atoms with van der Waals surface area (Å²) in [6.45, 7) is 11.0. The second-order valence-electron chi connectivity index (χ2n) is 15.8. The van der Waals surface area contributed by atoms with Crippen molar-refractivity contribution in [3.05, 3.63) is 57.7 Å². The summed E-state index contributed by atoms with van der Waals surface area (Å²) < 4.78 is 0. The second kappa shape index (κ2) is 14.1. The molecule has 11 heteroatoms. The summed E-state index contributed by atoms with van der Waals surface area (Å²) in [5, 5.41) is 16.3. The van der Waals surface area contributed by atoms with Gasteiger partial charge in [-0.15, -0.1) is 0 Å². The molecule has 1 aromatic carbocycles. The van der Waals surface area contributed by atoms with Gasteiger partial charge < -0.3 is 20.6 Å². The van der Waals surface area contributed by atoms with Crippen molar-refractivity contribution >= 4 is 39.5 Å². The molecule has 0 radical (unpaired) electrons. The number of hydrogen-bond acceptors (Lipinski definition) is 8. The lowest BCUT2D eigenvalue weighted by atomic mass is 9.71. The highest BCUT2D eigenvalue weighted by atomic mass is 32.1. The Morgan fingerprint density at radius 1 is 1.00 bits per heavy atom. The summed E-state index contributed by atoms with van der Waals surface area (Å²) in [7, 11) is 0. The number of carboxylic acids is 1. The van der Waals surface area contributed by atoms with Crippen molar-refractivity contribution in [1.29, 1.82) is 0 Å². The molecule has 262 valence electrons. The van der Waals surface area contributed by atoms with Gasteiger partial charge in [0.05, 0.1) is 12.0 Å². The third-order valence-corrected chi connectivity index (χ3v) is 12.3. The van der Waals surface area contributed by atoms with E-state index < -0.39 is 5.97 Å². The molecule has 3 aromatic rings. The first-order valence-electron chi connectivity index (χ1n) is 18.2. The Kier molecular flexibility index (Phi) is 9.78. The van der Waals surface area contributed by atoms with Crippen molar-refractivity contribution in [2.24, 2.45) is 17.3 Å². The molecule has 4 aliphatic rings. The minimum absolute atomic E-state index is 0.0831. The zero-order valence-electron chi connectivity index (χ0n) is 29.0. The fourth-order valence-corrected chi connectivity index (χ4v) is 8.79. The highest BCUT2D eigenvalue weighted by Crippen LogP contribution is 2.38. The molecule has 3 fully saturated rings. The van der Waals surface area contributed by atoms with Gasteiger partial charge in [-0.1, -0.05) is 44.2 Å². The molecule has 2 saturated heterocycles. The third-order valence-electron chi connectivity index (χ3n) is 11.3. The minimum atomic E-state index is -0.724. The number of aromatic nitrogens is 2. The van der Waals surface area contributed by atoms with Crippen molar-refractivity contribution in [3.8, 4) is 0 Å². The quantitative estimate of drug-likeness (QED) is 0.257. The predicted octanol–water partition coefficient (Wildman–Crippen LogP) is 5.47. The number of nitrogens with one attached hydrogen (secondary N) is 2. The number of likely N-dealkylation sites (tertiary alicyclic amines) is 2. The van der Waals surface area contributed by atoms with Crippen LogP contribution >= 0.6 is 11.3 Å². The minimum Gasteiger partial charge on any atom is -0.481 e. The molecule has 3 N–H and O–H groups in total. The van der Waals surface area contributed by atoms with Crippen LogP contribution in [0.2, 0.25) is 0 Å². The molecule has 2 aliphatic heterocycles. The zero-order valence-corrected chi connectivity index (χ0v) is 29.9. The molecule has 2 aliphatic carbocycles. The molecule has 3 atom stereocenters. The van der Waals surface area contributed by atoms with Crippen molar-refractivity contribution in [3.63, 3.8) is 0 Å². The lowest BCUT2D eigenvalue weighted by Gasteiger charge is -2.34. The van der Waals surface area contributed by atoms with Gasteiger partial charge in [-0.05, 0) is 112 Å². The number of pyridine rings is 1. The number of benzene rings is 1. The summed E-state index contributed by atoms with van der Waals surface area (Å²) in [6, 6.07) is 10.2. The lowest BCUT2D eigenvalue weighted by Crippen LogP contribution is -2.39. The van der Waals surface area contributed by atoms with E-state index in [9.17, 15) is 19.5 Å². The van der Waals surface area contributed by atoms with Gasteiger partial charge in [-0.25, -0.2) is 9.97 Å². The smallest absolute Gasteiger partial charge is 0.306 e. The maximum absolute atomic E-state index is 13.9. The molecule has 7 rings (SSSR count). The number of carbonyl (C=O) groups excluding carboxylic acids is 2. The average molecular weight is 687 g/mol. The van der Waals surface area contributed by atoms with Gasteiger partial charge in [-0.3, -0.25) is 19.3 Å². The molecule has 1 saturated carbocycles. The Balaban J connectivity index is 1.07. The van der Waals surface area contributed by atoms with Crippen molar-refractivity contribution < 1.29 is 19.5 Å². The van der Waals surface area contributed by atoms with Crippen LogP contribution < -0.4 is 10.6 Å². The number of carboxylic acid groups (broad SMARTS) is 1. The van der Waals surface area contributed by atoms with Gasteiger partial charge in [-0.2, -0.15) is 0 Å². The fraction of sp³-hybridized carbons (Fsp3) is 0.605. The topological polar surface area (TPSA) is 128 Å². The molecule has 0 bridgehead atoms. The number of aliphatic carboxylic acids is 1. The molecule has 4 heterocycles. The Hall–Kier alpha value is -3.41. The lowest BCUT2D eigenvalue weighted by molar-refractivity contribution is -0.143. The summed E-state index contributed by atoms with van der Waals surface area (Å²) >= 11 is 1.33. The SMILES string of the molecule is CC(C)(C)[C@H]1CCc2nc3sc(C(=O)N[C@H](CCN4CCC(C(=O)O)CC4)c4cccc(C(=O)NC5CCN(C6CC6)C5)c4)nc3cc2C1. The summed E-state index contributed by atoms with van der Waals surface area (Å²) in [5.41, 5.74) is 4.83. The summed E-state index contributed by atoms with van der Waals surface area (Å²) in [6.07, 6.45) is 8.42. The molecule has 10 nitrogen and oxygen atoms in total. The van der Waals surface area contributed by atoms with Gasteiger partial charge >= 0.3 is 5.97 Å². The highest BCUT2D eigenvalue weighted by molar-refractivity contribution is 7.19. The summed E-state index contributed by atoms with van der Waals surface area (Å²) in [5.74, 6) is -0.761. The fourth-order valence-electron chi connectivity index (χ4n) is 7.95. The third kappa shape index (κ3) is 7.99. The van der Waals surface area contributed by atoms with Crippen LogP contribution in [0.5, 0.6) is 0 Å². The van der Waals surface area contributed by atoms with E-state index in [0.29, 0.717) is 61.4 Å². The van der Waals surface area contributed by atoms with Crippen molar-refractivity contribution in [2.75, 3.05) is 32.7 Å². The molecule has 0 spiro atoms. The van der Waals surface area contributed by atoms with Gasteiger partial charge in [0.15, 0.2) is 5.01 Å².